The van der Waals surface area contributed by atoms with Crippen molar-refractivity contribution in [3.63, 3.8) is 0 Å². The van der Waals surface area contributed by atoms with Gasteiger partial charge in [-0.15, -0.1) is 0 Å². The van der Waals surface area contributed by atoms with Crippen molar-refractivity contribution in [2.24, 2.45) is 0 Å². The molecule has 1 aliphatic heterocycles. The summed E-state index contributed by atoms with van der Waals surface area (Å²) in [5, 5.41) is 9.50. The van der Waals surface area contributed by atoms with Gasteiger partial charge < -0.3 is 4.90 Å². The van der Waals surface area contributed by atoms with Gasteiger partial charge in [0.2, 0.25) is 0 Å². The van der Waals surface area contributed by atoms with Crippen LogP contribution in [0.2, 0.25) is 0 Å². The molecule has 1 heterocycles. The van der Waals surface area contributed by atoms with Crippen LogP contribution in [-0.2, 0) is 5.41 Å². The van der Waals surface area contributed by atoms with Crippen LogP contribution in [0.25, 0.3) is 44.5 Å². The lowest BCUT2D eigenvalue weighted by molar-refractivity contribution is 0.632. The number of nitrogens with zero attached hydrogens (tertiary/aromatic N) is 2. The molecule has 48 heavy (non-hydrogen) atoms. The van der Waals surface area contributed by atoms with Crippen LogP contribution in [0.15, 0.2) is 170 Å². The Morgan fingerprint density at radius 1 is 0.417 bits per heavy atom. The molecule has 0 spiro atoms. The molecule has 0 atom stereocenters. The van der Waals surface area contributed by atoms with Crippen molar-refractivity contribution in [1.29, 1.82) is 5.26 Å². The molecule has 0 saturated heterocycles. The fourth-order valence-corrected chi connectivity index (χ4v) is 7.03. The summed E-state index contributed by atoms with van der Waals surface area (Å²) in [6.45, 7) is 4.68. The van der Waals surface area contributed by atoms with Gasteiger partial charge in [-0.3, -0.25) is 0 Å². The van der Waals surface area contributed by atoms with Crippen LogP contribution in [0.1, 0.15) is 30.5 Å². The first-order chi connectivity index (χ1) is 23.5. The molecule has 2 nitrogen and oxygen atoms in total. The maximum atomic E-state index is 9.50. The number of rotatable bonds is 5. The molecule has 228 valence electrons. The quantitative estimate of drug-likeness (QED) is 0.193. The Balaban J connectivity index is 1.23. The van der Waals surface area contributed by atoms with Crippen LogP contribution in [0.5, 0.6) is 0 Å². The zero-order valence-electron chi connectivity index (χ0n) is 27.1. The Kier molecular flexibility index (Phi) is 7.24. The lowest BCUT2D eigenvalue weighted by atomic mass is 9.72. The fraction of sp³-hybridized carbons (Fsp3) is 0.0652. The Morgan fingerprint density at radius 3 is 1.17 bits per heavy atom. The van der Waals surface area contributed by atoms with Crippen LogP contribution in [-0.4, -0.2) is 0 Å². The van der Waals surface area contributed by atoms with Crippen molar-refractivity contribution >= 4 is 17.1 Å². The number of hydrogen-bond donors (Lipinski definition) is 0. The maximum Gasteiger partial charge on any atom is 0.0991 e. The second-order valence-electron chi connectivity index (χ2n) is 13.0. The van der Waals surface area contributed by atoms with Crippen LogP contribution in [0.3, 0.4) is 0 Å². The van der Waals surface area contributed by atoms with E-state index in [1.165, 1.54) is 55.6 Å². The zero-order valence-corrected chi connectivity index (χ0v) is 27.1. The fourth-order valence-electron chi connectivity index (χ4n) is 7.03. The minimum Gasteiger partial charge on any atom is -0.310 e. The first-order valence-electron chi connectivity index (χ1n) is 16.4. The molecular formula is C46H34N2. The Hall–Kier alpha value is -6.17. The summed E-state index contributed by atoms with van der Waals surface area (Å²) in [7, 11) is 0. The predicted octanol–water partition coefficient (Wildman–Crippen LogP) is 12.3. The highest BCUT2D eigenvalue weighted by atomic mass is 15.2. The van der Waals surface area contributed by atoms with E-state index in [1.807, 2.05) is 12.1 Å². The molecule has 0 amide bonds. The number of nitriles is 1. The molecule has 0 aromatic heterocycles. The van der Waals surface area contributed by atoms with Crippen molar-refractivity contribution in [2.75, 3.05) is 4.90 Å². The van der Waals surface area contributed by atoms with Gasteiger partial charge in [0, 0.05) is 11.1 Å². The van der Waals surface area contributed by atoms with Gasteiger partial charge in [-0.2, -0.15) is 5.26 Å². The minimum atomic E-state index is -0.270. The SMILES string of the molecule is CC1(C)c2cc(-c3ccc(-c4ccccc4)cc3)ccc2N(c2ccc(C#N)cc2)c2ccc(-c3ccc(-c4ccccc4)cc3)cc21. The van der Waals surface area contributed by atoms with E-state index in [4.69, 9.17) is 0 Å². The van der Waals surface area contributed by atoms with Crippen LogP contribution in [0.4, 0.5) is 17.1 Å². The molecule has 2 heteroatoms. The highest BCUT2D eigenvalue weighted by Gasteiger charge is 2.37. The Labute approximate surface area is 282 Å². The zero-order chi connectivity index (χ0) is 32.7. The highest BCUT2D eigenvalue weighted by Crippen LogP contribution is 2.53. The lowest BCUT2D eigenvalue weighted by Crippen LogP contribution is -2.30. The summed E-state index contributed by atoms with van der Waals surface area (Å²) >= 11 is 0. The largest absolute Gasteiger partial charge is 0.310 e. The number of anilines is 3. The second kappa shape index (κ2) is 11.9. The molecule has 8 rings (SSSR count). The van der Waals surface area contributed by atoms with E-state index in [2.05, 4.69) is 183 Å². The van der Waals surface area contributed by atoms with Gasteiger partial charge in [-0.25, -0.2) is 0 Å². The van der Waals surface area contributed by atoms with Gasteiger partial charge in [-0.05, 0) is 104 Å². The second-order valence-corrected chi connectivity index (χ2v) is 13.0. The molecule has 0 saturated carbocycles. The number of benzene rings is 7. The average molecular weight is 615 g/mol. The predicted molar refractivity (Wildman–Crippen MR) is 200 cm³/mol. The molecule has 0 aliphatic carbocycles. The van der Waals surface area contributed by atoms with Gasteiger partial charge in [0.1, 0.15) is 0 Å². The van der Waals surface area contributed by atoms with Crippen molar-refractivity contribution in [1.82, 2.24) is 0 Å². The van der Waals surface area contributed by atoms with E-state index >= 15 is 0 Å². The maximum absolute atomic E-state index is 9.50. The van der Waals surface area contributed by atoms with Gasteiger partial charge in [0.25, 0.3) is 0 Å². The molecule has 0 unspecified atom stereocenters. The molecule has 7 aromatic carbocycles. The first-order valence-corrected chi connectivity index (χ1v) is 16.4. The summed E-state index contributed by atoms with van der Waals surface area (Å²) in [4.78, 5) is 2.35. The van der Waals surface area contributed by atoms with Crippen LogP contribution in [0, 0.1) is 11.3 Å². The van der Waals surface area contributed by atoms with E-state index in [9.17, 15) is 5.26 Å². The van der Waals surface area contributed by atoms with Gasteiger partial charge >= 0.3 is 0 Å². The standard InChI is InChI=1S/C46H34N2/c1-46(2)42-29-39(37-19-15-35(16-20-37)33-9-5-3-6-10-33)23-27-44(42)48(41-25-13-32(31-47)14-26-41)45-28-24-40(30-43(45)46)38-21-17-36(18-22-38)34-11-7-4-8-12-34/h3-30H,1-2H3. The molecule has 0 radical (unpaired) electrons. The van der Waals surface area contributed by atoms with E-state index in [-0.39, 0.29) is 5.41 Å². The molecule has 0 bridgehead atoms. The summed E-state index contributed by atoms with van der Waals surface area (Å²) in [6.07, 6.45) is 0. The Morgan fingerprint density at radius 2 is 0.771 bits per heavy atom. The summed E-state index contributed by atoms with van der Waals surface area (Å²) < 4.78 is 0. The van der Waals surface area contributed by atoms with Crippen molar-refractivity contribution < 1.29 is 0 Å². The normalized spacial score (nSPS) is 12.9. The van der Waals surface area contributed by atoms with Crippen LogP contribution >= 0.6 is 0 Å². The van der Waals surface area contributed by atoms with Gasteiger partial charge in [0.05, 0.1) is 23.0 Å². The van der Waals surface area contributed by atoms with Crippen molar-refractivity contribution in [3.8, 4) is 50.6 Å². The molecule has 1 aliphatic rings. The lowest BCUT2D eigenvalue weighted by Gasteiger charge is -2.42. The average Bonchev–Trinajstić information content (AvgIpc) is 3.16. The molecule has 0 N–H and O–H groups in total. The summed E-state index contributed by atoms with van der Waals surface area (Å²) in [6, 6.07) is 62.7. The number of fused-ring (bicyclic) bond motifs is 2. The van der Waals surface area contributed by atoms with Crippen LogP contribution < -0.4 is 4.90 Å². The molecule has 7 aromatic rings. The van der Waals surface area contributed by atoms with Crippen molar-refractivity contribution in [2.45, 2.75) is 19.3 Å². The first kappa shape index (κ1) is 29.2. The third kappa shape index (κ3) is 5.16. The van der Waals surface area contributed by atoms with E-state index in [1.54, 1.807) is 0 Å². The highest BCUT2D eigenvalue weighted by molar-refractivity contribution is 5.89. The smallest absolute Gasteiger partial charge is 0.0991 e. The topological polar surface area (TPSA) is 27.0 Å². The number of hydrogen-bond acceptors (Lipinski definition) is 2. The monoisotopic (exact) mass is 614 g/mol. The summed E-state index contributed by atoms with van der Waals surface area (Å²) in [5.74, 6) is 0. The van der Waals surface area contributed by atoms with E-state index in [0.29, 0.717) is 5.56 Å². The van der Waals surface area contributed by atoms with Gasteiger partial charge in [0.15, 0.2) is 0 Å². The third-order valence-corrected chi connectivity index (χ3v) is 9.73. The van der Waals surface area contributed by atoms with Crippen molar-refractivity contribution in [3.05, 3.63) is 187 Å². The minimum absolute atomic E-state index is 0.270. The summed E-state index contributed by atoms with van der Waals surface area (Å²) in [5.41, 5.74) is 15.9. The van der Waals surface area contributed by atoms with E-state index < -0.39 is 0 Å². The van der Waals surface area contributed by atoms with E-state index in [0.717, 1.165) is 17.1 Å². The third-order valence-electron chi connectivity index (χ3n) is 9.73. The molecular weight excluding hydrogens is 581 g/mol. The van der Waals surface area contributed by atoms with Gasteiger partial charge in [-0.1, -0.05) is 135 Å². The molecule has 0 fully saturated rings. The Bertz CT molecular complexity index is 2140.